The fraction of sp³-hybridized carbons (Fsp3) is 0.818. The Hall–Kier alpha value is -2.12. The van der Waals surface area contributed by atoms with Crippen LogP contribution in [0, 0.1) is 22.7 Å². The summed E-state index contributed by atoms with van der Waals surface area (Å²) in [6.45, 7) is 3.25. The van der Waals surface area contributed by atoms with Gasteiger partial charge in [0.05, 0.1) is 14.2 Å². The van der Waals surface area contributed by atoms with Crippen LogP contribution in [-0.4, -0.2) is 50.1 Å². The normalized spacial score (nSPS) is 33.3. The van der Waals surface area contributed by atoms with Crippen molar-refractivity contribution in [2.45, 2.75) is 77.3 Å². The Morgan fingerprint density at radius 3 is 1.50 bits per heavy atom. The first-order valence-electron chi connectivity index (χ1n) is 10.8. The molecule has 168 valence electrons. The Morgan fingerprint density at radius 2 is 1.17 bits per heavy atom. The average Bonchev–Trinajstić information content (AvgIpc) is 2.64. The van der Waals surface area contributed by atoms with Gasteiger partial charge in [-0.25, -0.2) is 9.59 Å². The van der Waals surface area contributed by atoms with Crippen LogP contribution >= 0.6 is 0 Å². The number of hydrogen-bond donors (Lipinski definition) is 2. The molecule has 4 rings (SSSR count). The van der Waals surface area contributed by atoms with Crippen LogP contribution in [0.5, 0.6) is 0 Å². The Balaban J connectivity index is 1.66. The SMILES string of the molecule is COC(=O)C(C)NC(=O)CC12CC3CC(C1)CC(CC(=O)NC(C)C(=O)OC)(C3)C2. The lowest BCUT2D eigenvalue weighted by molar-refractivity contribution is -0.152. The van der Waals surface area contributed by atoms with Crippen LogP contribution in [-0.2, 0) is 28.7 Å². The van der Waals surface area contributed by atoms with Gasteiger partial charge in [-0.05, 0) is 75.0 Å². The maximum atomic E-state index is 12.7. The zero-order valence-corrected chi connectivity index (χ0v) is 18.4. The fourth-order valence-electron chi connectivity index (χ4n) is 6.80. The van der Waals surface area contributed by atoms with Gasteiger partial charge < -0.3 is 20.1 Å². The largest absolute Gasteiger partial charge is 0.467 e. The monoisotopic (exact) mass is 422 g/mol. The molecule has 0 aromatic rings. The molecule has 4 aliphatic carbocycles. The van der Waals surface area contributed by atoms with Crippen LogP contribution in [0.1, 0.15) is 65.2 Å². The van der Waals surface area contributed by atoms with E-state index in [4.69, 9.17) is 9.47 Å². The zero-order valence-electron chi connectivity index (χ0n) is 18.4. The smallest absolute Gasteiger partial charge is 0.328 e. The summed E-state index contributed by atoms with van der Waals surface area (Å²) in [6.07, 6.45) is 6.79. The van der Waals surface area contributed by atoms with E-state index >= 15 is 0 Å². The summed E-state index contributed by atoms with van der Waals surface area (Å²) in [5.74, 6) is -0.114. The molecule has 2 amide bonds. The predicted molar refractivity (Wildman–Crippen MR) is 108 cm³/mol. The molecule has 0 aromatic carbocycles. The number of esters is 2. The molecule has 4 aliphatic rings. The number of carbonyl (C=O) groups excluding carboxylic acids is 4. The minimum Gasteiger partial charge on any atom is -0.467 e. The molecule has 4 fully saturated rings. The van der Waals surface area contributed by atoms with Crippen molar-refractivity contribution in [2.75, 3.05) is 14.2 Å². The Labute approximate surface area is 177 Å². The third-order valence-corrected chi connectivity index (χ3v) is 7.24. The maximum absolute atomic E-state index is 12.7. The lowest BCUT2D eigenvalue weighted by Crippen LogP contribution is -2.55. The van der Waals surface area contributed by atoms with Gasteiger partial charge in [-0.15, -0.1) is 0 Å². The van der Waals surface area contributed by atoms with Crippen LogP contribution in [0.15, 0.2) is 0 Å². The molecule has 4 bridgehead atoms. The number of hydrogen-bond acceptors (Lipinski definition) is 6. The number of carbonyl (C=O) groups is 4. The first-order chi connectivity index (χ1) is 14.1. The van der Waals surface area contributed by atoms with E-state index in [0.29, 0.717) is 24.7 Å². The van der Waals surface area contributed by atoms with Crippen molar-refractivity contribution in [3.05, 3.63) is 0 Å². The standard InChI is InChI=1S/C22H34N2O6/c1-13(19(27)29-3)23-17(25)10-21-6-15-5-16(7-21)9-22(8-15,12-21)11-18(26)24-14(2)20(28)30-4/h13-16H,5-12H2,1-4H3,(H,23,25)(H,24,26). The Kier molecular flexibility index (Phi) is 6.43. The summed E-state index contributed by atoms with van der Waals surface area (Å²) in [7, 11) is 2.61. The van der Waals surface area contributed by atoms with Gasteiger partial charge in [0.15, 0.2) is 0 Å². The minimum atomic E-state index is -0.670. The predicted octanol–water partition coefficient (Wildman–Crippen LogP) is 1.71. The van der Waals surface area contributed by atoms with Crippen molar-refractivity contribution in [3.8, 4) is 0 Å². The summed E-state index contributed by atoms with van der Waals surface area (Å²) in [5.41, 5.74) is -0.226. The minimum absolute atomic E-state index is 0.113. The molecule has 0 aliphatic heterocycles. The summed E-state index contributed by atoms with van der Waals surface area (Å²) in [6, 6.07) is -1.34. The number of methoxy groups -OCH3 is 2. The molecule has 2 N–H and O–H groups in total. The van der Waals surface area contributed by atoms with Gasteiger partial charge >= 0.3 is 11.9 Å². The van der Waals surface area contributed by atoms with Crippen LogP contribution in [0.4, 0.5) is 0 Å². The molecule has 0 aromatic heterocycles. The molecule has 8 heteroatoms. The highest BCUT2D eigenvalue weighted by Crippen LogP contribution is 2.67. The van der Waals surface area contributed by atoms with E-state index in [9.17, 15) is 19.2 Å². The lowest BCUT2D eigenvalue weighted by atomic mass is 9.43. The van der Waals surface area contributed by atoms with Crippen molar-refractivity contribution in [1.29, 1.82) is 0 Å². The maximum Gasteiger partial charge on any atom is 0.328 e. The number of amides is 2. The highest BCUT2D eigenvalue weighted by Gasteiger charge is 2.58. The van der Waals surface area contributed by atoms with Crippen molar-refractivity contribution in [3.63, 3.8) is 0 Å². The molecule has 0 heterocycles. The third kappa shape index (κ3) is 4.78. The fourth-order valence-corrected chi connectivity index (χ4v) is 6.80. The van der Waals surface area contributed by atoms with Gasteiger partial charge in [0.25, 0.3) is 0 Å². The molecule has 0 radical (unpaired) electrons. The number of rotatable bonds is 8. The van der Waals surface area contributed by atoms with Crippen LogP contribution in [0.25, 0.3) is 0 Å². The second-order valence-electron chi connectivity index (χ2n) is 9.94. The van der Waals surface area contributed by atoms with Crippen LogP contribution < -0.4 is 10.6 Å². The first-order valence-corrected chi connectivity index (χ1v) is 10.8. The molecule has 2 unspecified atom stereocenters. The molecular weight excluding hydrogens is 388 g/mol. The zero-order chi connectivity index (χ0) is 22.1. The van der Waals surface area contributed by atoms with Crippen molar-refractivity contribution < 1.29 is 28.7 Å². The second kappa shape index (κ2) is 8.55. The molecule has 2 atom stereocenters. The van der Waals surface area contributed by atoms with E-state index in [-0.39, 0.29) is 22.6 Å². The van der Waals surface area contributed by atoms with E-state index in [0.717, 1.165) is 32.1 Å². The molecule has 0 spiro atoms. The summed E-state index contributed by atoms with van der Waals surface area (Å²) in [4.78, 5) is 48.6. The van der Waals surface area contributed by atoms with Crippen LogP contribution in [0.2, 0.25) is 0 Å². The van der Waals surface area contributed by atoms with E-state index in [1.54, 1.807) is 13.8 Å². The summed E-state index contributed by atoms with van der Waals surface area (Å²) >= 11 is 0. The van der Waals surface area contributed by atoms with E-state index in [1.807, 2.05) is 0 Å². The molecule has 0 saturated heterocycles. The average molecular weight is 423 g/mol. The third-order valence-electron chi connectivity index (χ3n) is 7.24. The number of nitrogens with one attached hydrogen (secondary N) is 2. The lowest BCUT2D eigenvalue weighted by Gasteiger charge is -2.62. The van der Waals surface area contributed by atoms with Gasteiger partial charge in [-0.2, -0.15) is 0 Å². The topological polar surface area (TPSA) is 111 Å². The van der Waals surface area contributed by atoms with E-state index in [2.05, 4.69) is 10.6 Å². The summed E-state index contributed by atoms with van der Waals surface area (Å²) < 4.78 is 9.38. The van der Waals surface area contributed by atoms with E-state index < -0.39 is 24.0 Å². The van der Waals surface area contributed by atoms with Crippen molar-refractivity contribution in [2.24, 2.45) is 22.7 Å². The molecule has 4 saturated carbocycles. The van der Waals surface area contributed by atoms with Gasteiger partial charge in [-0.3, -0.25) is 9.59 Å². The quantitative estimate of drug-likeness (QED) is 0.576. The Morgan fingerprint density at radius 1 is 0.800 bits per heavy atom. The molecule has 8 nitrogen and oxygen atoms in total. The first kappa shape index (κ1) is 22.6. The highest BCUT2D eigenvalue weighted by atomic mass is 16.5. The van der Waals surface area contributed by atoms with Gasteiger partial charge in [0.2, 0.25) is 11.8 Å². The molecular formula is C22H34N2O6. The summed E-state index contributed by atoms with van der Waals surface area (Å²) in [5, 5.41) is 5.52. The molecule has 30 heavy (non-hydrogen) atoms. The van der Waals surface area contributed by atoms with Gasteiger partial charge in [0, 0.05) is 12.8 Å². The van der Waals surface area contributed by atoms with Gasteiger partial charge in [0.1, 0.15) is 12.1 Å². The second-order valence-corrected chi connectivity index (χ2v) is 9.94. The van der Waals surface area contributed by atoms with Crippen molar-refractivity contribution >= 4 is 23.8 Å². The Bertz CT molecular complexity index is 650. The highest BCUT2D eigenvalue weighted by molar-refractivity contribution is 5.85. The van der Waals surface area contributed by atoms with Crippen molar-refractivity contribution in [1.82, 2.24) is 10.6 Å². The van der Waals surface area contributed by atoms with Gasteiger partial charge in [-0.1, -0.05) is 0 Å². The number of ether oxygens (including phenoxy) is 2. The van der Waals surface area contributed by atoms with Crippen LogP contribution in [0.3, 0.4) is 0 Å². The van der Waals surface area contributed by atoms with E-state index in [1.165, 1.54) is 20.6 Å².